The first-order valence-electron chi connectivity index (χ1n) is 9.97. The number of methoxy groups -OCH3 is 1. The molecule has 0 unspecified atom stereocenters. The normalized spacial score (nSPS) is 13.9. The van der Waals surface area contributed by atoms with E-state index in [0.717, 1.165) is 27.8 Å². The second kappa shape index (κ2) is 8.51. The molecule has 1 aromatic carbocycles. The van der Waals surface area contributed by atoms with Gasteiger partial charge in [-0.25, -0.2) is 17.9 Å². The maximum atomic E-state index is 13.3. The number of fused-ring (bicyclic) bond motifs is 2. The number of sulfonamides is 1. The summed E-state index contributed by atoms with van der Waals surface area (Å²) in [6.45, 7) is 4.28. The fourth-order valence-electron chi connectivity index (χ4n) is 3.98. The third-order valence-electron chi connectivity index (χ3n) is 5.51. The van der Waals surface area contributed by atoms with E-state index in [9.17, 15) is 18.0 Å². The number of nitrogens with zero attached hydrogens (tertiary/aromatic N) is 1. The van der Waals surface area contributed by atoms with Crippen molar-refractivity contribution >= 4 is 55.7 Å². The number of benzene rings is 1. The van der Waals surface area contributed by atoms with Crippen molar-refractivity contribution in [3.05, 3.63) is 50.5 Å². The molecule has 32 heavy (non-hydrogen) atoms. The summed E-state index contributed by atoms with van der Waals surface area (Å²) in [5, 5.41) is 1.46. The van der Waals surface area contributed by atoms with Gasteiger partial charge in [0, 0.05) is 33.9 Å². The lowest BCUT2D eigenvalue weighted by molar-refractivity contribution is 0.0595. The molecule has 2 aromatic heterocycles. The Morgan fingerprint density at radius 3 is 2.78 bits per heavy atom. The lowest BCUT2D eigenvalue weighted by Crippen LogP contribution is -2.36. The van der Waals surface area contributed by atoms with E-state index < -0.39 is 16.0 Å². The van der Waals surface area contributed by atoms with E-state index in [0.29, 0.717) is 34.1 Å². The molecule has 0 atom stereocenters. The zero-order valence-electron chi connectivity index (χ0n) is 17.7. The summed E-state index contributed by atoms with van der Waals surface area (Å²) in [4.78, 5) is 31.2. The van der Waals surface area contributed by atoms with Crippen LogP contribution in [0.25, 0.3) is 10.9 Å². The number of nitrogens with one attached hydrogen (secondary N) is 2. The van der Waals surface area contributed by atoms with Crippen molar-refractivity contribution in [3.63, 3.8) is 0 Å². The Morgan fingerprint density at radius 2 is 2.09 bits per heavy atom. The molecular weight excluding hydrogens is 474 g/mol. The van der Waals surface area contributed by atoms with Gasteiger partial charge in [0.1, 0.15) is 9.90 Å². The number of hydrogen-bond acceptors (Lipinski definition) is 6. The lowest BCUT2D eigenvalue weighted by atomic mass is 10.0. The van der Waals surface area contributed by atoms with Crippen molar-refractivity contribution in [2.24, 2.45) is 0 Å². The Kier molecular flexibility index (Phi) is 6.06. The van der Waals surface area contributed by atoms with Crippen molar-refractivity contribution < 1.29 is 22.7 Å². The largest absolute Gasteiger partial charge is 0.465 e. The number of rotatable bonds is 5. The molecule has 0 saturated carbocycles. The van der Waals surface area contributed by atoms with Gasteiger partial charge in [-0.15, -0.1) is 11.3 Å². The molecule has 0 saturated heterocycles. The minimum Gasteiger partial charge on any atom is -0.465 e. The molecule has 170 valence electrons. The van der Waals surface area contributed by atoms with Crippen LogP contribution in [0, 0.1) is 6.92 Å². The highest BCUT2D eigenvalue weighted by molar-refractivity contribution is 7.91. The SMILES string of the molecule is CCNS(=O)(=O)c1sc2c(c1C(=O)OC)CCN(C(=O)c1[nH]c3ccc(Cl)cc3c1C)C2. The van der Waals surface area contributed by atoms with E-state index in [1.807, 2.05) is 19.1 Å². The molecule has 1 amide bonds. The molecule has 3 heterocycles. The molecule has 11 heteroatoms. The Labute approximate surface area is 194 Å². The number of hydrogen-bond donors (Lipinski definition) is 2. The van der Waals surface area contributed by atoms with E-state index in [-0.39, 0.29) is 28.8 Å². The van der Waals surface area contributed by atoms with Gasteiger partial charge in [-0.05, 0) is 42.7 Å². The molecule has 4 rings (SSSR count). The molecular formula is C21H22ClN3O5S2. The maximum absolute atomic E-state index is 13.3. The minimum absolute atomic E-state index is 0.0667. The molecule has 0 fully saturated rings. The van der Waals surface area contributed by atoms with Crippen LogP contribution in [0.3, 0.4) is 0 Å². The Balaban J connectivity index is 1.71. The van der Waals surface area contributed by atoms with Crippen molar-refractivity contribution in [1.82, 2.24) is 14.6 Å². The zero-order chi connectivity index (χ0) is 23.2. The molecule has 3 aromatic rings. The van der Waals surface area contributed by atoms with Gasteiger partial charge >= 0.3 is 5.97 Å². The maximum Gasteiger partial charge on any atom is 0.340 e. The third kappa shape index (κ3) is 3.81. The summed E-state index contributed by atoms with van der Waals surface area (Å²) < 4.78 is 32.6. The van der Waals surface area contributed by atoms with Crippen LogP contribution in [0.4, 0.5) is 0 Å². The fourth-order valence-corrected chi connectivity index (χ4v) is 7.13. The van der Waals surface area contributed by atoms with Gasteiger partial charge in [0.25, 0.3) is 15.9 Å². The van der Waals surface area contributed by atoms with Crippen LogP contribution in [-0.4, -0.2) is 50.4 Å². The van der Waals surface area contributed by atoms with Crippen LogP contribution in [0.15, 0.2) is 22.4 Å². The molecule has 0 radical (unpaired) electrons. The first-order valence-corrected chi connectivity index (χ1v) is 12.6. The van der Waals surface area contributed by atoms with Gasteiger partial charge in [-0.3, -0.25) is 4.79 Å². The second-order valence-corrected chi connectivity index (χ2v) is 11.0. The van der Waals surface area contributed by atoms with Crippen LogP contribution in [0.1, 0.15) is 43.8 Å². The number of aromatic amines is 1. The monoisotopic (exact) mass is 495 g/mol. The first-order chi connectivity index (χ1) is 15.2. The van der Waals surface area contributed by atoms with Crippen LogP contribution < -0.4 is 4.72 Å². The Morgan fingerprint density at radius 1 is 1.34 bits per heavy atom. The number of esters is 1. The zero-order valence-corrected chi connectivity index (χ0v) is 20.1. The van der Waals surface area contributed by atoms with Crippen LogP contribution >= 0.6 is 22.9 Å². The number of ether oxygens (including phenoxy) is 1. The summed E-state index contributed by atoms with van der Waals surface area (Å²) in [6.07, 6.45) is 0.356. The third-order valence-corrected chi connectivity index (χ3v) is 9.03. The average Bonchev–Trinajstić information content (AvgIpc) is 3.31. The predicted octanol–water partition coefficient (Wildman–Crippen LogP) is 3.47. The summed E-state index contributed by atoms with van der Waals surface area (Å²) >= 11 is 7.11. The predicted molar refractivity (Wildman–Crippen MR) is 123 cm³/mol. The van der Waals surface area contributed by atoms with E-state index in [4.69, 9.17) is 16.3 Å². The van der Waals surface area contributed by atoms with Gasteiger partial charge in [0.05, 0.1) is 19.2 Å². The standard InChI is InChI=1S/C21H22ClN3O5S2/c1-4-23-32(28,29)21-17(20(27)30-3)13-7-8-25(10-16(13)31-21)19(26)18-11(2)14-9-12(22)5-6-15(14)24-18/h5-6,9,23-24H,4,7-8,10H2,1-3H3. The molecule has 0 bridgehead atoms. The number of H-pyrrole nitrogens is 1. The number of thiophene rings is 1. The van der Waals surface area contributed by atoms with E-state index in [2.05, 4.69) is 9.71 Å². The number of aromatic nitrogens is 1. The summed E-state index contributed by atoms with van der Waals surface area (Å²) in [6, 6.07) is 5.40. The highest BCUT2D eigenvalue weighted by atomic mass is 35.5. The molecule has 2 N–H and O–H groups in total. The number of carbonyl (C=O) groups excluding carboxylic acids is 2. The fraction of sp³-hybridized carbons (Fsp3) is 0.333. The summed E-state index contributed by atoms with van der Waals surface area (Å²) in [5.41, 5.74) is 2.78. The Bertz CT molecular complexity index is 1340. The Hall–Kier alpha value is -2.40. The lowest BCUT2D eigenvalue weighted by Gasteiger charge is -2.27. The molecule has 1 aliphatic heterocycles. The van der Waals surface area contributed by atoms with Crippen LogP contribution in [0.2, 0.25) is 5.02 Å². The average molecular weight is 496 g/mol. The van der Waals surface area contributed by atoms with E-state index >= 15 is 0 Å². The van der Waals surface area contributed by atoms with Gasteiger partial charge in [-0.1, -0.05) is 18.5 Å². The van der Waals surface area contributed by atoms with Gasteiger partial charge in [0.2, 0.25) is 0 Å². The minimum atomic E-state index is -3.86. The van der Waals surface area contributed by atoms with Gasteiger partial charge < -0.3 is 14.6 Å². The van der Waals surface area contributed by atoms with Crippen molar-refractivity contribution in [2.75, 3.05) is 20.2 Å². The second-order valence-electron chi connectivity index (χ2n) is 7.45. The molecule has 1 aliphatic rings. The van der Waals surface area contributed by atoms with E-state index in [1.54, 1.807) is 17.9 Å². The van der Waals surface area contributed by atoms with Crippen molar-refractivity contribution in [3.8, 4) is 0 Å². The number of amides is 1. The number of halogens is 1. The topological polar surface area (TPSA) is 109 Å². The van der Waals surface area contributed by atoms with Crippen molar-refractivity contribution in [2.45, 2.75) is 31.0 Å². The van der Waals surface area contributed by atoms with Gasteiger partial charge in [0.15, 0.2) is 0 Å². The van der Waals surface area contributed by atoms with E-state index in [1.165, 1.54) is 7.11 Å². The highest BCUT2D eigenvalue weighted by Gasteiger charge is 2.35. The molecule has 0 aliphatic carbocycles. The summed E-state index contributed by atoms with van der Waals surface area (Å²) in [7, 11) is -2.64. The van der Waals surface area contributed by atoms with Gasteiger partial charge in [-0.2, -0.15) is 0 Å². The summed E-state index contributed by atoms with van der Waals surface area (Å²) in [5.74, 6) is -0.883. The highest BCUT2D eigenvalue weighted by Crippen LogP contribution is 2.37. The number of carbonyl (C=O) groups is 2. The van der Waals surface area contributed by atoms with Crippen LogP contribution in [0.5, 0.6) is 0 Å². The molecule has 0 spiro atoms. The smallest absolute Gasteiger partial charge is 0.340 e. The van der Waals surface area contributed by atoms with Crippen LogP contribution in [-0.2, 0) is 27.7 Å². The number of aryl methyl sites for hydroxylation is 1. The quantitative estimate of drug-likeness (QED) is 0.527. The van der Waals surface area contributed by atoms with Crippen molar-refractivity contribution in [1.29, 1.82) is 0 Å². The first kappa shape index (κ1) is 22.8. The molecule has 8 nitrogen and oxygen atoms in total.